The van der Waals surface area contributed by atoms with Crippen LogP contribution in [0.4, 0.5) is 0 Å². The molecule has 0 aliphatic heterocycles. The highest BCUT2D eigenvalue weighted by atomic mass is 32.1. The summed E-state index contributed by atoms with van der Waals surface area (Å²) in [6, 6.07) is 0. The molecule has 0 saturated heterocycles. The van der Waals surface area contributed by atoms with E-state index in [0.29, 0.717) is 5.92 Å². The first kappa shape index (κ1) is 10.7. The zero-order chi connectivity index (χ0) is 9.68. The minimum Gasteiger partial charge on any atom is -0.330 e. The van der Waals surface area contributed by atoms with Gasteiger partial charge in [-0.15, -0.1) is 11.3 Å². The molecular formula is C10H18N2S. The molecule has 0 aliphatic carbocycles. The Morgan fingerprint density at radius 2 is 2.38 bits per heavy atom. The topological polar surface area (TPSA) is 38.9 Å². The molecule has 0 spiro atoms. The molecule has 0 bridgehead atoms. The summed E-state index contributed by atoms with van der Waals surface area (Å²) in [4.78, 5) is 4.58. The summed E-state index contributed by atoms with van der Waals surface area (Å²) in [6.07, 6.45) is 3.32. The molecule has 0 radical (unpaired) electrons. The van der Waals surface area contributed by atoms with E-state index in [2.05, 4.69) is 24.2 Å². The van der Waals surface area contributed by atoms with Gasteiger partial charge in [0.15, 0.2) is 0 Å². The average Bonchev–Trinajstić information content (AvgIpc) is 2.54. The third-order valence-corrected chi connectivity index (χ3v) is 3.22. The van der Waals surface area contributed by atoms with Crippen molar-refractivity contribution >= 4 is 11.3 Å². The molecule has 1 rings (SSSR count). The molecular weight excluding hydrogens is 180 g/mol. The Hall–Kier alpha value is -0.410. The molecule has 13 heavy (non-hydrogen) atoms. The summed E-state index contributed by atoms with van der Waals surface area (Å²) in [7, 11) is 0. The van der Waals surface area contributed by atoms with Crippen molar-refractivity contribution in [3.8, 4) is 0 Å². The first-order chi connectivity index (χ1) is 6.27. The smallest absolute Gasteiger partial charge is 0.0956 e. The molecule has 0 saturated carbocycles. The van der Waals surface area contributed by atoms with Crippen molar-refractivity contribution in [3.63, 3.8) is 0 Å². The Labute approximate surface area is 84.2 Å². The SMILES string of the molecule is CCCc1csc(C(C)CCN)n1. The Morgan fingerprint density at radius 1 is 1.62 bits per heavy atom. The summed E-state index contributed by atoms with van der Waals surface area (Å²) in [5.74, 6) is 0.528. The number of aromatic nitrogens is 1. The third-order valence-electron chi connectivity index (χ3n) is 2.10. The van der Waals surface area contributed by atoms with E-state index in [9.17, 15) is 0 Å². The van der Waals surface area contributed by atoms with E-state index in [0.717, 1.165) is 19.4 Å². The molecule has 1 aromatic heterocycles. The Balaban J connectivity index is 2.56. The van der Waals surface area contributed by atoms with Crippen LogP contribution in [-0.2, 0) is 6.42 Å². The van der Waals surface area contributed by atoms with Crippen LogP contribution in [0.3, 0.4) is 0 Å². The number of rotatable bonds is 5. The molecule has 1 unspecified atom stereocenters. The van der Waals surface area contributed by atoms with E-state index in [1.807, 2.05) is 0 Å². The van der Waals surface area contributed by atoms with Crippen LogP contribution in [0.15, 0.2) is 5.38 Å². The van der Waals surface area contributed by atoms with E-state index >= 15 is 0 Å². The van der Waals surface area contributed by atoms with Gasteiger partial charge in [-0.05, 0) is 19.4 Å². The normalized spacial score (nSPS) is 13.2. The second kappa shape index (κ2) is 5.35. The van der Waals surface area contributed by atoms with Crippen LogP contribution >= 0.6 is 11.3 Å². The van der Waals surface area contributed by atoms with Gasteiger partial charge in [-0.3, -0.25) is 0 Å². The fraction of sp³-hybridized carbons (Fsp3) is 0.700. The molecule has 1 aromatic rings. The van der Waals surface area contributed by atoms with Crippen molar-refractivity contribution < 1.29 is 0 Å². The van der Waals surface area contributed by atoms with Crippen LogP contribution < -0.4 is 5.73 Å². The Kier molecular flexibility index (Phi) is 4.39. The summed E-state index contributed by atoms with van der Waals surface area (Å²) < 4.78 is 0. The molecule has 1 atom stereocenters. The largest absolute Gasteiger partial charge is 0.330 e. The van der Waals surface area contributed by atoms with Gasteiger partial charge in [0.25, 0.3) is 0 Å². The molecule has 1 heterocycles. The molecule has 0 aromatic carbocycles. The predicted octanol–water partition coefficient (Wildman–Crippen LogP) is 2.55. The number of hydrogen-bond donors (Lipinski definition) is 1. The number of nitrogens with two attached hydrogens (primary N) is 1. The number of aryl methyl sites for hydroxylation is 1. The molecule has 0 fully saturated rings. The minimum absolute atomic E-state index is 0.528. The van der Waals surface area contributed by atoms with Crippen molar-refractivity contribution in [3.05, 3.63) is 16.1 Å². The lowest BCUT2D eigenvalue weighted by atomic mass is 10.1. The number of thiazole rings is 1. The standard InChI is InChI=1S/C10H18N2S/c1-3-4-9-7-13-10(12-9)8(2)5-6-11/h7-8H,3-6,11H2,1-2H3. The summed E-state index contributed by atoms with van der Waals surface area (Å²) in [5, 5.41) is 3.42. The Bertz CT molecular complexity index is 245. The fourth-order valence-corrected chi connectivity index (χ4v) is 2.24. The number of hydrogen-bond acceptors (Lipinski definition) is 3. The zero-order valence-corrected chi connectivity index (χ0v) is 9.23. The maximum Gasteiger partial charge on any atom is 0.0956 e. The highest BCUT2D eigenvalue weighted by Crippen LogP contribution is 2.22. The fourth-order valence-electron chi connectivity index (χ4n) is 1.29. The quantitative estimate of drug-likeness (QED) is 0.789. The van der Waals surface area contributed by atoms with Gasteiger partial charge >= 0.3 is 0 Å². The maximum absolute atomic E-state index is 5.51. The predicted molar refractivity (Wildman–Crippen MR) is 58.2 cm³/mol. The van der Waals surface area contributed by atoms with Gasteiger partial charge in [-0.1, -0.05) is 20.3 Å². The van der Waals surface area contributed by atoms with Gasteiger partial charge in [-0.2, -0.15) is 0 Å². The van der Waals surface area contributed by atoms with Gasteiger partial charge in [0.2, 0.25) is 0 Å². The van der Waals surface area contributed by atoms with Crippen LogP contribution in [0.5, 0.6) is 0 Å². The lowest BCUT2D eigenvalue weighted by Gasteiger charge is -2.04. The van der Waals surface area contributed by atoms with Crippen molar-refractivity contribution in [2.75, 3.05) is 6.54 Å². The lowest BCUT2D eigenvalue weighted by Crippen LogP contribution is -2.04. The van der Waals surface area contributed by atoms with E-state index in [4.69, 9.17) is 5.73 Å². The van der Waals surface area contributed by atoms with Crippen LogP contribution in [0, 0.1) is 0 Å². The monoisotopic (exact) mass is 198 g/mol. The van der Waals surface area contributed by atoms with Crippen molar-refractivity contribution in [2.24, 2.45) is 5.73 Å². The molecule has 2 nitrogen and oxygen atoms in total. The van der Waals surface area contributed by atoms with Gasteiger partial charge in [0, 0.05) is 11.3 Å². The highest BCUT2D eigenvalue weighted by Gasteiger charge is 2.08. The van der Waals surface area contributed by atoms with Gasteiger partial charge < -0.3 is 5.73 Å². The van der Waals surface area contributed by atoms with Crippen LogP contribution in [0.1, 0.15) is 43.3 Å². The van der Waals surface area contributed by atoms with Gasteiger partial charge in [0.05, 0.1) is 10.7 Å². The van der Waals surface area contributed by atoms with Crippen LogP contribution in [0.25, 0.3) is 0 Å². The minimum atomic E-state index is 0.528. The Morgan fingerprint density at radius 3 is 3.00 bits per heavy atom. The van der Waals surface area contributed by atoms with E-state index in [-0.39, 0.29) is 0 Å². The summed E-state index contributed by atoms with van der Waals surface area (Å²) in [6.45, 7) is 5.13. The molecule has 2 N–H and O–H groups in total. The van der Waals surface area contributed by atoms with Crippen LogP contribution in [-0.4, -0.2) is 11.5 Å². The van der Waals surface area contributed by atoms with Crippen LogP contribution in [0.2, 0.25) is 0 Å². The molecule has 74 valence electrons. The highest BCUT2D eigenvalue weighted by molar-refractivity contribution is 7.09. The summed E-state index contributed by atoms with van der Waals surface area (Å²) in [5.41, 5.74) is 6.75. The first-order valence-electron chi connectivity index (χ1n) is 4.92. The number of nitrogens with zero attached hydrogens (tertiary/aromatic N) is 1. The second-order valence-corrected chi connectivity index (χ2v) is 4.30. The second-order valence-electron chi connectivity index (χ2n) is 3.41. The van der Waals surface area contributed by atoms with E-state index in [1.54, 1.807) is 11.3 Å². The van der Waals surface area contributed by atoms with Crippen molar-refractivity contribution in [1.82, 2.24) is 4.98 Å². The van der Waals surface area contributed by atoms with E-state index in [1.165, 1.54) is 17.1 Å². The van der Waals surface area contributed by atoms with Gasteiger partial charge in [-0.25, -0.2) is 4.98 Å². The lowest BCUT2D eigenvalue weighted by molar-refractivity contribution is 0.681. The van der Waals surface area contributed by atoms with E-state index < -0.39 is 0 Å². The maximum atomic E-state index is 5.51. The molecule has 3 heteroatoms. The molecule has 0 amide bonds. The van der Waals surface area contributed by atoms with Crippen molar-refractivity contribution in [1.29, 1.82) is 0 Å². The summed E-state index contributed by atoms with van der Waals surface area (Å²) >= 11 is 1.77. The average molecular weight is 198 g/mol. The van der Waals surface area contributed by atoms with Gasteiger partial charge in [0.1, 0.15) is 0 Å². The third kappa shape index (κ3) is 3.08. The zero-order valence-electron chi connectivity index (χ0n) is 8.42. The van der Waals surface area contributed by atoms with Crippen molar-refractivity contribution in [2.45, 2.75) is 39.0 Å². The first-order valence-corrected chi connectivity index (χ1v) is 5.80. The molecule has 0 aliphatic rings.